The molecule has 1 N–H and O–H groups in total. The fourth-order valence-corrected chi connectivity index (χ4v) is 3.15. The van der Waals surface area contributed by atoms with E-state index < -0.39 is 0 Å². The number of aryl methyl sites for hydroxylation is 1. The molecule has 3 rings (SSSR count). The van der Waals surface area contributed by atoms with Crippen LogP contribution in [0.3, 0.4) is 0 Å². The zero-order valence-electron chi connectivity index (χ0n) is 17.4. The molecule has 0 saturated carbocycles. The molecule has 152 valence electrons. The monoisotopic (exact) mass is 400 g/mol. The minimum absolute atomic E-state index is 0.739. The van der Waals surface area contributed by atoms with E-state index in [2.05, 4.69) is 57.4 Å². The molecule has 28 heavy (non-hydrogen) atoms. The average Bonchev–Trinajstić information content (AvgIpc) is 3.04. The second-order valence-electron chi connectivity index (χ2n) is 6.45. The van der Waals surface area contributed by atoms with Crippen LogP contribution in [0, 0.1) is 6.92 Å². The second kappa shape index (κ2) is 12.5. The first-order chi connectivity index (χ1) is 13.7. The van der Waals surface area contributed by atoms with Crippen LogP contribution < -0.4 is 4.72 Å². The van der Waals surface area contributed by atoms with E-state index in [0.29, 0.717) is 0 Å². The predicted octanol–water partition coefficient (Wildman–Crippen LogP) is 5.23. The summed E-state index contributed by atoms with van der Waals surface area (Å²) < 4.78 is 10.8. The normalized spacial score (nSPS) is 10.7. The lowest BCUT2D eigenvalue weighted by molar-refractivity contribution is 0.153. The van der Waals surface area contributed by atoms with E-state index >= 15 is 0 Å². The number of hydrogen-bond donors (Lipinski definition) is 1. The smallest absolute Gasteiger partial charge is 0.107 e. The summed E-state index contributed by atoms with van der Waals surface area (Å²) in [6, 6.07) is 10.6. The molecule has 3 aromatic rings. The van der Waals surface area contributed by atoms with Crippen LogP contribution in [0.25, 0.3) is 11.0 Å². The summed E-state index contributed by atoms with van der Waals surface area (Å²) in [6.07, 6.45) is 6.30. The first kappa shape index (κ1) is 22.4. The Labute approximate surface area is 173 Å². The zero-order chi connectivity index (χ0) is 20.2. The highest BCUT2D eigenvalue weighted by Crippen LogP contribution is 2.19. The minimum Gasteiger partial charge on any atom is -0.380 e. The van der Waals surface area contributed by atoms with E-state index in [0.717, 1.165) is 43.2 Å². The van der Waals surface area contributed by atoms with Crippen molar-refractivity contribution in [2.75, 3.05) is 19.8 Å². The van der Waals surface area contributed by atoms with Crippen LogP contribution >= 0.6 is 11.9 Å². The van der Waals surface area contributed by atoms with Crippen molar-refractivity contribution >= 4 is 23.0 Å². The van der Waals surface area contributed by atoms with Gasteiger partial charge >= 0.3 is 0 Å². The van der Waals surface area contributed by atoms with Gasteiger partial charge in [-0.1, -0.05) is 38.8 Å². The molecule has 0 radical (unpaired) electrons. The molecule has 0 saturated heterocycles. The van der Waals surface area contributed by atoms with Crippen molar-refractivity contribution in [3.05, 3.63) is 54.1 Å². The van der Waals surface area contributed by atoms with E-state index in [1.54, 1.807) is 18.1 Å². The van der Waals surface area contributed by atoms with Gasteiger partial charge in [-0.3, -0.25) is 9.71 Å². The maximum atomic E-state index is 5.31. The number of rotatable bonds is 9. The quantitative estimate of drug-likeness (QED) is 0.394. The van der Waals surface area contributed by atoms with Crippen molar-refractivity contribution < 1.29 is 4.74 Å². The standard InChI is InChI=1S/C18H22N4OS.C4H10/c1-3-23-11-10-20-24-16-6-4-15(5-7-16)13-22-14(2)21-17-8-9-19-12-18(17)22;1-3-4-2/h4-9,12,20H,3,10-11,13H2,1-2H3;3-4H2,1-2H3. The summed E-state index contributed by atoms with van der Waals surface area (Å²) in [6.45, 7) is 11.5. The molecule has 0 aliphatic rings. The van der Waals surface area contributed by atoms with Gasteiger partial charge in [-0.15, -0.1) is 0 Å². The van der Waals surface area contributed by atoms with E-state index in [4.69, 9.17) is 4.74 Å². The van der Waals surface area contributed by atoms with E-state index in [-0.39, 0.29) is 0 Å². The number of imidazole rings is 1. The fourth-order valence-electron chi connectivity index (χ4n) is 2.53. The third kappa shape index (κ3) is 6.93. The lowest BCUT2D eigenvalue weighted by Crippen LogP contribution is -2.12. The molecule has 1 aromatic carbocycles. The Hall–Kier alpha value is -1.89. The van der Waals surface area contributed by atoms with E-state index in [1.807, 2.05) is 26.1 Å². The highest BCUT2D eigenvalue weighted by Gasteiger charge is 2.07. The van der Waals surface area contributed by atoms with Crippen LogP contribution in [0.2, 0.25) is 0 Å². The Morgan fingerprint density at radius 2 is 1.82 bits per heavy atom. The molecule has 0 fully saturated rings. The molecule has 2 aromatic heterocycles. The summed E-state index contributed by atoms with van der Waals surface area (Å²) in [4.78, 5) is 10.0. The van der Waals surface area contributed by atoms with Crippen molar-refractivity contribution in [3.8, 4) is 0 Å². The van der Waals surface area contributed by atoms with Crippen molar-refractivity contribution in [1.82, 2.24) is 19.3 Å². The Bertz CT molecular complexity index is 815. The number of unbranched alkanes of at least 4 members (excludes halogenated alkanes) is 1. The van der Waals surface area contributed by atoms with Gasteiger partial charge in [0.1, 0.15) is 5.82 Å². The van der Waals surface area contributed by atoms with Gasteiger partial charge in [0.05, 0.1) is 23.8 Å². The summed E-state index contributed by atoms with van der Waals surface area (Å²) in [5, 5.41) is 0. The average molecular weight is 401 g/mol. The van der Waals surface area contributed by atoms with E-state index in [9.17, 15) is 0 Å². The third-order valence-electron chi connectivity index (χ3n) is 4.25. The molecule has 0 spiro atoms. The number of nitrogens with one attached hydrogen (secondary N) is 1. The van der Waals surface area contributed by atoms with Gasteiger partial charge in [0.15, 0.2) is 0 Å². The lowest BCUT2D eigenvalue weighted by atomic mass is 10.2. The molecule has 0 atom stereocenters. The zero-order valence-corrected chi connectivity index (χ0v) is 18.3. The predicted molar refractivity (Wildman–Crippen MR) is 119 cm³/mol. The Morgan fingerprint density at radius 3 is 2.50 bits per heavy atom. The van der Waals surface area contributed by atoms with Gasteiger partial charge in [0, 0.05) is 30.8 Å². The second-order valence-corrected chi connectivity index (χ2v) is 7.41. The van der Waals surface area contributed by atoms with Gasteiger partial charge in [0.25, 0.3) is 0 Å². The number of nitrogens with zero attached hydrogens (tertiary/aromatic N) is 3. The molecule has 0 aliphatic carbocycles. The number of hydrogen-bond acceptors (Lipinski definition) is 5. The Kier molecular flexibility index (Phi) is 10.0. The summed E-state index contributed by atoms with van der Waals surface area (Å²) in [5.74, 6) is 1.01. The van der Waals surface area contributed by atoms with Crippen molar-refractivity contribution in [2.45, 2.75) is 52.0 Å². The summed E-state index contributed by atoms with van der Waals surface area (Å²) in [5.41, 5.74) is 3.32. The summed E-state index contributed by atoms with van der Waals surface area (Å²) >= 11 is 1.63. The first-order valence-corrected chi connectivity index (χ1v) is 10.8. The number of fused-ring (bicyclic) bond motifs is 1. The molecule has 6 heteroatoms. The number of aromatic nitrogens is 3. The van der Waals surface area contributed by atoms with Crippen molar-refractivity contribution in [2.24, 2.45) is 0 Å². The van der Waals surface area contributed by atoms with Gasteiger partial charge in [-0.05, 0) is 49.6 Å². The third-order valence-corrected chi connectivity index (χ3v) is 5.10. The van der Waals surface area contributed by atoms with Crippen LogP contribution in [0.15, 0.2) is 47.6 Å². The summed E-state index contributed by atoms with van der Waals surface area (Å²) in [7, 11) is 0. The Morgan fingerprint density at radius 1 is 1.07 bits per heavy atom. The first-order valence-electron chi connectivity index (χ1n) is 10.0. The molecule has 0 bridgehead atoms. The van der Waals surface area contributed by atoms with Crippen LogP contribution in [-0.2, 0) is 11.3 Å². The maximum absolute atomic E-state index is 5.31. The van der Waals surface area contributed by atoms with E-state index in [1.165, 1.54) is 23.3 Å². The van der Waals surface area contributed by atoms with Crippen molar-refractivity contribution in [3.63, 3.8) is 0 Å². The van der Waals surface area contributed by atoms with Crippen molar-refractivity contribution in [1.29, 1.82) is 0 Å². The lowest BCUT2D eigenvalue weighted by Gasteiger charge is -2.08. The van der Waals surface area contributed by atoms with Gasteiger partial charge in [-0.2, -0.15) is 0 Å². The molecule has 0 amide bonds. The number of ether oxygens (including phenoxy) is 1. The van der Waals surface area contributed by atoms with Gasteiger partial charge < -0.3 is 9.30 Å². The number of benzene rings is 1. The maximum Gasteiger partial charge on any atom is 0.107 e. The largest absolute Gasteiger partial charge is 0.380 e. The van der Waals surface area contributed by atoms with Gasteiger partial charge in [0.2, 0.25) is 0 Å². The Balaban J connectivity index is 0.000000640. The van der Waals surface area contributed by atoms with Crippen LogP contribution in [0.5, 0.6) is 0 Å². The topological polar surface area (TPSA) is 52.0 Å². The van der Waals surface area contributed by atoms with Crippen LogP contribution in [0.1, 0.15) is 45.0 Å². The SMILES string of the molecule is CCCC.CCOCCNSc1ccc(Cn2c(C)nc3ccncc32)cc1. The van der Waals surface area contributed by atoms with Gasteiger partial charge in [-0.25, -0.2) is 4.98 Å². The molecule has 0 unspecified atom stereocenters. The molecule has 2 heterocycles. The number of pyridine rings is 1. The van der Waals surface area contributed by atoms with Crippen LogP contribution in [-0.4, -0.2) is 34.3 Å². The highest BCUT2D eigenvalue weighted by molar-refractivity contribution is 7.97. The molecule has 0 aliphatic heterocycles. The molecular weight excluding hydrogens is 368 g/mol. The highest BCUT2D eigenvalue weighted by atomic mass is 32.2. The molecular formula is C22H32N4OS. The van der Waals surface area contributed by atoms with Crippen LogP contribution in [0.4, 0.5) is 0 Å². The molecule has 5 nitrogen and oxygen atoms in total. The fraction of sp³-hybridized carbons (Fsp3) is 0.455. The minimum atomic E-state index is 0.739.